The Balaban J connectivity index is 1.78. The number of benzene rings is 1. The fourth-order valence-electron chi connectivity index (χ4n) is 3.47. The van der Waals surface area contributed by atoms with Crippen molar-refractivity contribution in [1.29, 1.82) is 0 Å². The van der Waals surface area contributed by atoms with Crippen molar-refractivity contribution in [3.05, 3.63) is 28.2 Å². The molecular formula is C16H24BrN3. The summed E-state index contributed by atoms with van der Waals surface area (Å²) in [5.41, 5.74) is 2.83. The number of anilines is 1. The molecule has 0 aliphatic carbocycles. The molecule has 110 valence electrons. The molecule has 0 saturated carbocycles. The number of hydrogen-bond donors (Lipinski definition) is 1. The van der Waals surface area contributed by atoms with Gasteiger partial charge in [-0.25, -0.2) is 0 Å². The molecule has 2 aliphatic rings. The lowest BCUT2D eigenvalue weighted by molar-refractivity contribution is 0.231. The molecular weight excluding hydrogens is 314 g/mol. The molecule has 0 bridgehead atoms. The summed E-state index contributed by atoms with van der Waals surface area (Å²) in [6, 6.07) is 7.49. The third-order valence-corrected chi connectivity index (χ3v) is 5.03. The number of fused-ring (bicyclic) bond motifs is 1. The molecule has 4 heteroatoms. The molecule has 2 saturated heterocycles. The van der Waals surface area contributed by atoms with Gasteiger partial charge in [0.15, 0.2) is 0 Å². The first-order valence-corrected chi connectivity index (χ1v) is 8.55. The van der Waals surface area contributed by atoms with Crippen LogP contribution < -0.4 is 10.2 Å². The van der Waals surface area contributed by atoms with E-state index in [9.17, 15) is 0 Å². The Hall–Kier alpha value is -0.580. The van der Waals surface area contributed by atoms with Crippen LogP contribution in [0.3, 0.4) is 0 Å². The molecule has 2 aliphatic heterocycles. The topological polar surface area (TPSA) is 18.5 Å². The Morgan fingerprint density at radius 2 is 2.20 bits per heavy atom. The van der Waals surface area contributed by atoms with E-state index in [1.165, 1.54) is 48.2 Å². The molecule has 20 heavy (non-hydrogen) atoms. The Morgan fingerprint density at radius 3 is 3.05 bits per heavy atom. The summed E-state index contributed by atoms with van der Waals surface area (Å²) in [5.74, 6) is 0. The van der Waals surface area contributed by atoms with E-state index in [0.717, 1.165) is 25.7 Å². The van der Waals surface area contributed by atoms with E-state index < -0.39 is 0 Å². The Labute approximate surface area is 130 Å². The van der Waals surface area contributed by atoms with E-state index in [-0.39, 0.29) is 0 Å². The quantitative estimate of drug-likeness (QED) is 0.911. The van der Waals surface area contributed by atoms with Crippen molar-refractivity contribution in [1.82, 2.24) is 10.2 Å². The van der Waals surface area contributed by atoms with Crippen molar-refractivity contribution < 1.29 is 0 Å². The van der Waals surface area contributed by atoms with Crippen LogP contribution in [0.25, 0.3) is 0 Å². The molecule has 1 aromatic carbocycles. The van der Waals surface area contributed by atoms with Crippen molar-refractivity contribution >= 4 is 21.6 Å². The summed E-state index contributed by atoms with van der Waals surface area (Å²) in [4.78, 5) is 5.25. The van der Waals surface area contributed by atoms with E-state index in [1.807, 2.05) is 0 Å². The molecule has 1 atom stereocenters. The summed E-state index contributed by atoms with van der Waals surface area (Å²) in [6.07, 6.45) is 2.75. The molecule has 3 rings (SSSR count). The minimum absolute atomic E-state index is 0.777. The highest BCUT2D eigenvalue weighted by Crippen LogP contribution is 2.29. The van der Waals surface area contributed by atoms with Gasteiger partial charge in [-0.3, -0.25) is 4.90 Å². The summed E-state index contributed by atoms with van der Waals surface area (Å²) in [5, 5.41) is 3.46. The second-order valence-corrected chi connectivity index (χ2v) is 6.75. The zero-order chi connectivity index (χ0) is 13.9. The van der Waals surface area contributed by atoms with Crippen molar-refractivity contribution in [3.8, 4) is 0 Å². The smallest absolute Gasteiger partial charge is 0.0413 e. The molecule has 1 aromatic rings. The number of hydrogen-bond acceptors (Lipinski definition) is 3. The second kappa shape index (κ2) is 6.46. The summed E-state index contributed by atoms with van der Waals surface area (Å²) in [6.45, 7) is 9.02. The van der Waals surface area contributed by atoms with Gasteiger partial charge in [-0.1, -0.05) is 22.9 Å². The third-order valence-electron chi connectivity index (χ3n) is 4.54. The van der Waals surface area contributed by atoms with Gasteiger partial charge in [0.05, 0.1) is 0 Å². The maximum atomic E-state index is 3.60. The highest BCUT2D eigenvalue weighted by atomic mass is 79.9. The highest BCUT2D eigenvalue weighted by molar-refractivity contribution is 9.10. The maximum Gasteiger partial charge on any atom is 0.0413 e. The van der Waals surface area contributed by atoms with Crippen LogP contribution in [0.5, 0.6) is 0 Å². The molecule has 2 fully saturated rings. The monoisotopic (exact) mass is 337 g/mol. The van der Waals surface area contributed by atoms with E-state index in [1.54, 1.807) is 0 Å². The summed E-state index contributed by atoms with van der Waals surface area (Å²) < 4.78 is 1.17. The summed E-state index contributed by atoms with van der Waals surface area (Å²) in [7, 11) is 0. The molecule has 0 aromatic heterocycles. The van der Waals surface area contributed by atoms with Crippen LogP contribution in [-0.2, 0) is 6.54 Å². The van der Waals surface area contributed by atoms with Gasteiger partial charge in [-0.2, -0.15) is 0 Å². The average molecular weight is 338 g/mol. The predicted octanol–water partition coefficient (Wildman–Crippen LogP) is 2.84. The first-order valence-electron chi connectivity index (χ1n) is 7.76. The molecule has 2 heterocycles. The third kappa shape index (κ3) is 3.02. The number of piperazine rings is 1. The molecule has 0 radical (unpaired) electrons. The lowest BCUT2D eigenvalue weighted by Gasteiger charge is -2.39. The van der Waals surface area contributed by atoms with E-state index in [0.29, 0.717) is 0 Å². The van der Waals surface area contributed by atoms with Crippen LogP contribution in [0.2, 0.25) is 0 Å². The van der Waals surface area contributed by atoms with Crippen LogP contribution >= 0.6 is 15.9 Å². The van der Waals surface area contributed by atoms with Crippen LogP contribution in [-0.4, -0.2) is 43.7 Å². The molecule has 3 nitrogen and oxygen atoms in total. The number of nitrogens with zero attached hydrogens (tertiary/aromatic N) is 2. The zero-order valence-corrected chi connectivity index (χ0v) is 13.8. The molecule has 1 unspecified atom stereocenters. The highest BCUT2D eigenvalue weighted by Gasteiger charge is 2.31. The lowest BCUT2D eigenvalue weighted by atomic mass is 10.1. The SMILES string of the molecule is CCNCc1cc(Br)ccc1N1CCN2CCCC2C1. The van der Waals surface area contributed by atoms with Gasteiger partial charge in [-0.15, -0.1) is 0 Å². The van der Waals surface area contributed by atoms with Crippen molar-refractivity contribution in [2.24, 2.45) is 0 Å². The number of nitrogens with one attached hydrogen (secondary N) is 1. The molecule has 1 N–H and O–H groups in total. The Morgan fingerprint density at radius 1 is 1.30 bits per heavy atom. The van der Waals surface area contributed by atoms with Crippen molar-refractivity contribution in [2.75, 3.05) is 37.6 Å². The van der Waals surface area contributed by atoms with Gasteiger partial charge in [-0.05, 0) is 49.7 Å². The second-order valence-electron chi connectivity index (χ2n) is 5.83. The fraction of sp³-hybridized carbons (Fsp3) is 0.625. The predicted molar refractivity (Wildman–Crippen MR) is 88.3 cm³/mol. The van der Waals surface area contributed by atoms with Gasteiger partial charge in [0, 0.05) is 42.4 Å². The largest absolute Gasteiger partial charge is 0.368 e. The zero-order valence-electron chi connectivity index (χ0n) is 12.2. The van der Waals surface area contributed by atoms with Gasteiger partial charge >= 0.3 is 0 Å². The lowest BCUT2D eigenvalue weighted by Crippen LogP contribution is -2.50. The number of halogens is 1. The van der Waals surface area contributed by atoms with Gasteiger partial charge in [0.1, 0.15) is 0 Å². The Bertz CT molecular complexity index is 463. The van der Waals surface area contributed by atoms with E-state index in [4.69, 9.17) is 0 Å². The molecule has 0 spiro atoms. The van der Waals surface area contributed by atoms with Crippen LogP contribution in [0.1, 0.15) is 25.3 Å². The minimum Gasteiger partial charge on any atom is -0.368 e. The normalized spacial score (nSPS) is 23.1. The van der Waals surface area contributed by atoms with Crippen molar-refractivity contribution in [2.45, 2.75) is 32.4 Å². The fourth-order valence-corrected chi connectivity index (χ4v) is 3.88. The van der Waals surface area contributed by atoms with Gasteiger partial charge < -0.3 is 10.2 Å². The van der Waals surface area contributed by atoms with E-state index in [2.05, 4.69) is 56.2 Å². The first kappa shape index (κ1) is 14.4. The average Bonchev–Trinajstić information content (AvgIpc) is 2.92. The Kier molecular flexibility index (Phi) is 4.64. The van der Waals surface area contributed by atoms with E-state index >= 15 is 0 Å². The minimum atomic E-state index is 0.777. The van der Waals surface area contributed by atoms with Crippen LogP contribution in [0.15, 0.2) is 22.7 Å². The van der Waals surface area contributed by atoms with Crippen LogP contribution in [0, 0.1) is 0 Å². The molecule has 0 amide bonds. The number of rotatable bonds is 4. The maximum absolute atomic E-state index is 3.60. The van der Waals surface area contributed by atoms with Gasteiger partial charge in [0.25, 0.3) is 0 Å². The van der Waals surface area contributed by atoms with Crippen LogP contribution in [0.4, 0.5) is 5.69 Å². The standard InChI is InChI=1S/C16H24BrN3/c1-2-18-11-13-10-14(17)5-6-16(13)20-9-8-19-7-3-4-15(19)12-20/h5-6,10,15,18H,2-4,7-9,11-12H2,1H3. The van der Waals surface area contributed by atoms with Gasteiger partial charge in [0.2, 0.25) is 0 Å². The summed E-state index contributed by atoms with van der Waals surface area (Å²) >= 11 is 3.60. The first-order chi connectivity index (χ1) is 9.78. The van der Waals surface area contributed by atoms with Crippen molar-refractivity contribution in [3.63, 3.8) is 0 Å².